The number of carbonyl (C=O) groups excluding carboxylic acids is 1. The number of fused-ring (bicyclic) bond motifs is 1. The van der Waals surface area contributed by atoms with E-state index in [4.69, 9.17) is 16.3 Å². The first kappa shape index (κ1) is 19.2. The third-order valence-electron chi connectivity index (χ3n) is 3.82. The van der Waals surface area contributed by atoms with Crippen molar-refractivity contribution in [3.63, 3.8) is 0 Å². The molecule has 7 heteroatoms. The summed E-state index contributed by atoms with van der Waals surface area (Å²) in [6, 6.07) is 13.2. The highest BCUT2D eigenvalue weighted by Crippen LogP contribution is 2.22. The predicted octanol–water partition coefficient (Wildman–Crippen LogP) is 4.86. The lowest BCUT2D eigenvalue weighted by Crippen LogP contribution is -2.19. The van der Waals surface area contributed by atoms with Crippen LogP contribution in [0.5, 0.6) is 0 Å². The fourth-order valence-corrected chi connectivity index (χ4v) is 4.35. The summed E-state index contributed by atoms with van der Waals surface area (Å²) in [7, 11) is 0. The van der Waals surface area contributed by atoms with Gasteiger partial charge in [-0.25, -0.2) is 0 Å². The van der Waals surface area contributed by atoms with Crippen molar-refractivity contribution in [3.05, 3.63) is 57.9 Å². The molecule has 0 N–H and O–H groups in total. The van der Waals surface area contributed by atoms with Crippen LogP contribution in [0, 0.1) is 0 Å². The molecule has 0 fully saturated rings. The molecule has 0 radical (unpaired) electrons. The lowest BCUT2D eigenvalue weighted by molar-refractivity contribution is 0.0996. The van der Waals surface area contributed by atoms with E-state index in [1.54, 1.807) is 17.8 Å². The Morgan fingerprint density at radius 3 is 2.92 bits per heavy atom. The summed E-state index contributed by atoms with van der Waals surface area (Å²) in [6.45, 7) is 3.81. The van der Waals surface area contributed by atoms with Gasteiger partial charge in [0.2, 0.25) is 0 Å². The van der Waals surface area contributed by atoms with Crippen LogP contribution in [0.1, 0.15) is 17.3 Å². The first-order chi connectivity index (χ1) is 12.6. The zero-order chi connectivity index (χ0) is 18.5. The summed E-state index contributed by atoms with van der Waals surface area (Å²) >= 11 is 9.18. The maximum Gasteiger partial charge on any atom is 0.279 e. The van der Waals surface area contributed by atoms with Crippen molar-refractivity contribution in [2.75, 3.05) is 19.5 Å². The lowest BCUT2D eigenvalue weighted by atomic mass is 10.2. The van der Waals surface area contributed by atoms with E-state index in [2.05, 4.69) is 4.99 Å². The number of ether oxygens (including phenoxy) is 1. The van der Waals surface area contributed by atoms with E-state index in [1.165, 1.54) is 11.3 Å². The second kappa shape index (κ2) is 8.86. The molecule has 0 bridgehead atoms. The van der Waals surface area contributed by atoms with Crippen molar-refractivity contribution in [1.29, 1.82) is 0 Å². The van der Waals surface area contributed by atoms with Crippen LogP contribution < -0.4 is 4.80 Å². The number of halogens is 1. The molecular formula is C19H19ClN2O2S2. The molecule has 136 valence electrons. The van der Waals surface area contributed by atoms with E-state index in [9.17, 15) is 4.79 Å². The summed E-state index contributed by atoms with van der Waals surface area (Å²) < 4.78 is 8.50. The number of amides is 1. The van der Waals surface area contributed by atoms with Gasteiger partial charge in [-0.2, -0.15) is 4.99 Å². The zero-order valence-electron chi connectivity index (χ0n) is 14.6. The zero-order valence-corrected chi connectivity index (χ0v) is 17.0. The van der Waals surface area contributed by atoms with Crippen molar-refractivity contribution in [1.82, 2.24) is 4.57 Å². The molecule has 0 aliphatic carbocycles. The Labute approximate surface area is 165 Å². The molecule has 1 heterocycles. The van der Waals surface area contributed by atoms with E-state index >= 15 is 0 Å². The Kier molecular flexibility index (Phi) is 6.53. The van der Waals surface area contributed by atoms with Gasteiger partial charge in [-0.1, -0.05) is 29.0 Å². The van der Waals surface area contributed by atoms with Crippen LogP contribution in [-0.4, -0.2) is 29.9 Å². The molecule has 0 unspecified atom stereocenters. The highest BCUT2D eigenvalue weighted by molar-refractivity contribution is 7.98. The Hall–Kier alpha value is -1.60. The highest BCUT2D eigenvalue weighted by Gasteiger charge is 2.10. The molecule has 0 aliphatic heterocycles. The van der Waals surface area contributed by atoms with Crippen molar-refractivity contribution < 1.29 is 9.53 Å². The van der Waals surface area contributed by atoms with Crippen molar-refractivity contribution in [2.24, 2.45) is 4.99 Å². The number of hydrogen-bond donors (Lipinski definition) is 0. The standard InChI is InChI=1S/C19H19ClN2O2S2/c1-3-24-10-9-22-16-8-7-14(20)12-17(16)26-19(22)21-18(23)13-5-4-6-15(11-13)25-2/h4-8,11-12H,3,9-10H2,1-2H3. The summed E-state index contributed by atoms with van der Waals surface area (Å²) in [5, 5.41) is 0.668. The number of rotatable bonds is 6. The number of hydrogen-bond acceptors (Lipinski definition) is 4. The quantitative estimate of drug-likeness (QED) is 0.434. The van der Waals surface area contributed by atoms with Gasteiger partial charge in [0, 0.05) is 28.6 Å². The highest BCUT2D eigenvalue weighted by atomic mass is 35.5. The van der Waals surface area contributed by atoms with Gasteiger partial charge < -0.3 is 9.30 Å². The van der Waals surface area contributed by atoms with E-state index in [0.29, 0.717) is 35.1 Å². The summed E-state index contributed by atoms with van der Waals surface area (Å²) in [6.07, 6.45) is 1.98. The van der Waals surface area contributed by atoms with E-state index in [0.717, 1.165) is 15.1 Å². The SMILES string of the molecule is CCOCCn1c(=NC(=O)c2cccc(SC)c2)sc2cc(Cl)ccc21. The van der Waals surface area contributed by atoms with Gasteiger partial charge in [0.25, 0.3) is 5.91 Å². The molecule has 0 spiro atoms. The second-order valence-electron chi connectivity index (χ2n) is 5.49. The number of nitrogens with zero attached hydrogens (tertiary/aromatic N) is 2. The van der Waals surface area contributed by atoms with Gasteiger partial charge >= 0.3 is 0 Å². The van der Waals surface area contributed by atoms with Gasteiger partial charge in [-0.3, -0.25) is 4.79 Å². The number of thiazole rings is 1. The van der Waals surface area contributed by atoms with Gasteiger partial charge in [-0.15, -0.1) is 11.8 Å². The second-order valence-corrected chi connectivity index (χ2v) is 7.82. The molecule has 1 amide bonds. The molecule has 26 heavy (non-hydrogen) atoms. The number of benzene rings is 2. The Morgan fingerprint density at radius 1 is 1.31 bits per heavy atom. The van der Waals surface area contributed by atoms with E-state index in [-0.39, 0.29) is 5.91 Å². The molecule has 0 saturated carbocycles. The van der Waals surface area contributed by atoms with E-state index in [1.807, 2.05) is 54.1 Å². The lowest BCUT2D eigenvalue weighted by Gasteiger charge is -2.05. The predicted molar refractivity (Wildman–Crippen MR) is 109 cm³/mol. The van der Waals surface area contributed by atoms with Crippen molar-refractivity contribution in [3.8, 4) is 0 Å². The first-order valence-electron chi connectivity index (χ1n) is 8.22. The normalized spacial score (nSPS) is 12.0. The van der Waals surface area contributed by atoms with Gasteiger partial charge in [0.1, 0.15) is 0 Å². The fourth-order valence-electron chi connectivity index (χ4n) is 2.56. The first-order valence-corrected chi connectivity index (χ1v) is 10.6. The smallest absolute Gasteiger partial charge is 0.279 e. The maximum absolute atomic E-state index is 12.7. The third-order valence-corrected chi connectivity index (χ3v) is 5.82. The molecule has 1 aromatic heterocycles. The van der Waals surface area contributed by atoms with Crippen molar-refractivity contribution >= 4 is 50.8 Å². The monoisotopic (exact) mass is 406 g/mol. The molecule has 4 nitrogen and oxygen atoms in total. The van der Waals surface area contributed by atoms with Crippen LogP contribution in [0.2, 0.25) is 5.02 Å². The topological polar surface area (TPSA) is 43.6 Å². The fraction of sp³-hybridized carbons (Fsp3) is 0.263. The van der Waals surface area contributed by atoms with Crippen molar-refractivity contribution in [2.45, 2.75) is 18.4 Å². The molecule has 0 atom stereocenters. The van der Waals surface area contributed by atoms with Gasteiger partial charge in [-0.05, 0) is 49.6 Å². The van der Waals surface area contributed by atoms with Gasteiger partial charge in [0.15, 0.2) is 4.80 Å². The van der Waals surface area contributed by atoms with Crippen LogP contribution in [-0.2, 0) is 11.3 Å². The summed E-state index contributed by atoms with van der Waals surface area (Å²) in [5.74, 6) is -0.247. The molecule has 0 saturated heterocycles. The van der Waals surface area contributed by atoms with Crippen LogP contribution in [0.25, 0.3) is 10.2 Å². The summed E-state index contributed by atoms with van der Waals surface area (Å²) in [4.78, 5) is 18.7. The minimum absolute atomic E-state index is 0.247. The average Bonchev–Trinajstić information content (AvgIpc) is 2.98. The number of thioether (sulfide) groups is 1. The van der Waals surface area contributed by atoms with Crippen LogP contribution in [0.4, 0.5) is 0 Å². The van der Waals surface area contributed by atoms with E-state index < -0.39 is 0 Å². The number of aromatic nitrogens is 1. The third kappa shape index (κ3) is 4.38. The van der Waals surface area contributed by atoms with Gasteiger partial charge in [0.05, 0.1) is 16.8 Å². The largest absolute Gasteiger partial charge is 0.380 e. The molecular weight excluding hydrogens is 388 g/mol. The minimum atomic E-state index is -0.247. The minimum Gasteiger partial charge on any atom is -0.380 e. The summed E-state index contributed by atoms with van der Waals surface area (Å²) in [5.41, 5.74) is 1.59. The van der Waals surface area contributed by atoms with Crippen LogP contribution in [0.15, 0.2) is 52.4 Å². The molecule has 3 rings (SSSR count). The molecule has 2 aromatic carbocycles. The van der Waals surface area contributed by atoms with Crippen LogP contribution >= 0.6 is 34.7 Å². The molecule has 3 aromatic rings. The maximum atomic E-state index is 12.7. The number of carbonyl (C=O) groups is 1. The Morgan fingerprint density at radius 2 is 2.15 bits per heavy atom. The molecule has 0 aliphatic rings. The average molecular weight is 407 g/mol. The van der Waals surface area contributed by atoms with Crippen LogP contribution in [0.3, 0.4) is 0 Å². The Bertz CT molecular complexity index is 995. The Balaban J connectivity index is 2.05.